The maximum absolute atomic E-state index is 13.3. The van der Waals surface area contributed by atoms with Crippen LogP contribution in [0.4, 0.5) is 4.39 Å². The van der Waals surface area contributed by atoms with Gasteiger partial charge in [-0.3, -0.25) is 9.59 Å². The molecular formula is C23H23FN2O5. The summed E-state index contributed by atoms with van der Waals surface area (Å²) in [4.78, 5) is 40.6. The predicted molar refractivity (Wildman–Crippen MR) is 108 cm³/mol. The molecule has 3 heterocycles. The molecule has 0 radical (unpaired) electrons. The van der Waals surface area contributed by atoms with Gasteiger partial charge < -0.3 is 19.3 Å². The topological polar surface area (TPSA) is 88.8 Å². The normalized spacial score (nSPS) is 26.5. The number of aromatic nitrogens is 1. The van der Waals surface area contributed by atoms with Crippen LogP contribution < -0.4 is 5.56 Å². The maximum atomic E-state index is 13.3. The largest absolute Gasteiger partial charge is 0.467 e. The fourth-order valence-electron chi connectivity index (χ4n) is 5.21. The minimum absolute atomic E-state index is 0.120. The van der Waals surface area contributed by atoms with Crippen molar-refractivity contribution >= 4 is 11.9 Å². The van der Waals surface area contributed by atoms with Gasteiger partial charge in [-0.05, 0) is 42.7 Å². The number of benzene rings is 1. The Morgan fingerprint density at radius 1 is 1.16 bits per heavy atom. The quantitative estimate of drug-likeness (QED) is 0.753. The lowest BCUT2D eigenvalue weighted by Crippen LogP contribution is -2.47. The van der Waals surface area contributed by atoms with Crippen LogP contribution in [-0.4, -0.2) is 46.2 Å². The highest BCUT2D eigenvalue weighted by Crippen LogP contribution is 2.51. The molecule has 3 aliphatic rings. The van der Waals surface area contributed by atoms with Crippen LogP contribution in [0.5, 0.6) is 0 Å². The number of hydrogen-bond donors (Lipinski definition) is 1. The van der Waals surface area contributed by atoms with Crippen molar-refractivity contribution in [3.05, 3.63) is 58.3 Å². The first-order valence-electron chi connectivity index (χ1n) is 10.5. The molecule has 1 saturated carbocycles. The SMILES string of the molecule is COC(=O)[C@H]1[C@H](CO)[C@H]2Cn3c(ccc(-c4ccc(F)cc4)c3=O)[C@H]2N1C(=O)C1CC1. The average molecular weight is 426 g/mol. The molecule has 2 fully saturated rings. The number of carbonyl (C=O) groups excluding carboxylic acids is 2. The number of nitrogens with zero attached hydrogens (tertiary/aromatic N) is 2. The molecule has 5 rings (SSSR count). The third-order valence-corrected chi connectivity index (χ3v) is 6.85. The van der Waals surface area contributed by atoms with Crippen molar-refractivity contribution in [1.29, 1.82) is 0 Å². The summed E-state index contributed by atoms with van der Waals surface area (Å²) in [5.74, 6) is -1.95. The van der Waals surface area contributed by atoms with Crippen LogP contribution in [0.15, 0.2) is 41.2 Å². The number of fused-ring (bicyclic) bond motifs is 3. The van der Waals surface area contributed by atoms with Crippen molar-refractivity contribution in [2.75, 3.05) is 13.7 Å². The highest BCUT2D eigenvalue weighted by molar-refractivity contribution is 5.88. The van der Waals surface area contributed by atoms with Crippen molar-refractivity contribution in [3.63, 3.8) is 0 Å². The van der Waals surface area contributed by atoms with Crippen molar-refractivity contribution in [2.24, 2.45) is 17.8 Å². The number of esters is 1. The number of rotatable bonds is 4. The number of amides is 1. The maximum Gasteiger partial charge on any atom is 0.328 e. The van der Waals surface area contributed by atoms with E-state index >= 15 is 0 Å². The van der Waals surface area contributed by atoms with E-state index in [0.29, 0.717) is 23.4 Å². The molecule has 0 spiro atoms. The molecule has 0 bridgehead atoms. The van der Waals surface area contributed by atoms with E-state index in [0.717, 1.165) is 12.8 Å². The van der Waals surface area contributed by atoms with Crippen molar-refractivity contribution in [1.82, 2.24) is 9.47 Å². The Balaban J connectivity index is 1.60. The first kappa shape index (κ1) is 19.9. The summed E-state index contributed by atoms with van der Waals surface area (Å²) in [5.41, 5.74) is 1.47. The van der Waals surface area contributed by atoms with Gasteiger partial charge in [0.2, 0.25) is 5.91 Å². The lowest BCUT2D eigenvalue weighted by atomic mass is 9.88. The minimum atomic E-state index is -0.862. The second kappa shape index (κ2) is 7.30. The predicted octanol–water partition coefficient (Wildman–Crippen LogP) is 1.73. The van der Waals surface area contributed by atoms with E-state index < -0.39 is 24.0 Å². The molecule has 0 unspecified atom stereocenters. The van der Waals surface area contributed by atoms with Crippen LogP contribution in [-0.2, 0) is 20.9 Å². The second-order valence-electron chi connectivity index (χ2n) is 8.54. The molecule has 2 aliphatic heterocycles. The molecule has 162 valence electrons. The van der Waals surface area contributed by atoms with Gasteiger partial charge in [-0.2, -0.15) is 0 Å². The summed E-state index contributed by atoms with van der Waals surface area (Å²) in [7, 11) is 1.28. The van der Waals surface area contributed by atoms with E-state index in [1.54, 1.807) is 33.7 Å². The van der Waals surface area contributed by atoms with Gasteiger partial charge in [0.05, 0.1) is 13.2 Å². The highest BCUT2D eigenvalue weighted by Gasteiger charge is 2.59. The minimum Gasteiger partial charge on any atom is -0.467 e. The van der Waals surface area contributed by atoms with Crippen molar-refractivity contribution in [2.45, 2.75) is 31.5 Å². The van der Waals surface area contributed by atoms with Gasteiger partial charge >= 0.3 is 5.97 Å². The fourth-order valence-corrected chi connectivity index (χ4v) is 5.21. The number of hydrogen-bond acceptors (Lipinski definition) is 5. The molecule has 31 heavy (non-hydrogen) atoms. The summed E-state index contributed by atoms with van der Waals surface area (Å²) < 4.78 is 19.9. The Labute approximate surface area is 178 Å². The van der Waals surface area contributed by atoms with Crippen LogP contribution >= 0.6 is 0 Å². The highest BCUT2D eigenvalue weighted by atomic mass is 19.1. The Morgan fingerprint density at radius 3 is 2.48 bits per heavy atom. The molecule has 4 atom stereocenters. The number of aliphatic hydroxyl groups is 1. The zero-order valence-corrected chi connectivity index (χ0v) is 17.0. The standard InChI is InChI=1S/C23H23FN2O5/c1-31-23(30)20-17(11-27)16-10-25-18(19(16)26(20)21(28)13-2-3-13)9-8-15(22(25)29)12-4-6-14(24)7-5-12/h4-9,13,16-17,19-20,27H,2-3,10-11H2,1H3/t16-,17-,19+,20-/m1/s1. The first-order valence-corrected chi connectivity index (χ1v) is 10.5. The monoisotopic (exact) mass is 426 g/mol. The van der Waals surface area contributed by atoms with Crippen LogP contribution in [0.2, 0.25) is 0 Å². The Morgan fingerprint density at radius 2 is 1.87 bits per heavy atom. The molecule has 1 aromatic heterocycles. The molecular weight excluding hydrogens is 403 g/mol. The molecule has 2 aromatic rings. The number of pyridine rings is 1. The molecule has 1 saturated heterocycles. The summed E-state index contributed by atoms with van der Waals surface area (Å²) in [5, 5.41) is 10.1. The molecule has 1 amide bonds. The van der Waals surface area contributed by atoms with E-state index in [9.17, 15) is 23.9 Å². The van der Waals surface area contributed by atoms with Crippen molar-refractivity contribution < 1.29 is 23.8 Å². The number of aliphatic hydroxyl groups excluding tert-OH is 1. The van der Waals surface area contributed by atoms with Gasteiger partial charge in [0, 0.05) is 42.2 Å². The van der Waals surface area contributed by atoms with Gasteiger partial charge in [-0.1, -0.05) is 12.1 Å². The van der Waals surface area contributed by atoms with Crippen LogP contribution in [0.1, 0.15) is 24.6 Å². The second-order valence-corrected chi connectivity index (χ2v) is 8.54. The Hall–Kier alpha value is -3.00. The summed E-state index contributed by atoms with van der Waals surface area (Å²) in [6.45, 7) is 0.00394. The Kier molecular flexibility index (Phi) is 4.69. The molecule has 1 N–H and O–H groups in total. The average Bonchev–Trinajstić information content (AvgIpc) is 3.48. The molecule has 1 aliphatic carbocycles. The van der Waals surface area contributed by atoms with E-state index in [1.807, 2.05) is 0 Å². The lowest BCUT2D eigenvalue weighted by molar-refractivity contribution is -0.154. The van der Waals surface area contributed by atoms with E-state index in [4.69, 9.17) is 4.74 Å². The summed E-state index contributed by atoms with van der Waals surface area (Å²) >= 11 is 0. The van der Waals surface area contributed by atoms with Crippen LogP contribution in [0, 0.1) is 23.6 Å². The third-order valence-electron chi connectivity index (χ3n) is 6.85. The first-order chi connectivity index (χ1) is 15.0. The molecule has 8 heteroatoms. The number of carbonyl (C=O) groups is 2. The van der Waals surface area contributed by atoms with Gasteiger partial charge in [-0.15, -0.1) is 0 Å². The third kappa shape index (κ3) is 3.00. The van der Waals surface area contributed by atoms with Gasteiger partial charge in [0.15, 0.2) is 0 Å². The van der Waals surface area contributed by atoms with Crippen molar-refractivity contribution in [3.8, 4) is 11.1 Å². The number of halogens is 1. The van der Waals surface area contributed by atoms with Gasteiger partial charge in [0.25, 0.3) is 5.56 Å². The number of likely N-dealkylation sites (tertiary alicyclic amines) is 1. The Bertz CT molecular complexity index is 1110. The van der Waals surface area contributed by atoms with Crippen LogP contribution in [0.25, 0.3) is 11.1 Å². The number of ether oxygens (including phenoxy) is 1. The summed E-state index contributed by atoms with van der Waals surface area (Å²) in [6, 6.07) is 7.88. The van der Waals surface area contributed by atoms with E-state index in [2.05, 4.69) is 0 Å². The van der Waals surface area contributed by atoms with Gasteiger partial charge in [-0.25, -0.2) is 9.18 Å². The zero-order valence-electron chi connectivity index (χ0n) is 17.0. The lowest BCUT2D eigenvalue weighted by Gasteiger charge is -2.30. The van der Waals surface area contributed by atoms with Gasteiger partial charge in [0.1, 0.15) is 11.9 Å². The fraction of sp³-hybridized carbons (Fsp3) is 0.435. The van der Waals surface area contributed by atoms with E-state index in [1.165, 1.54) is 19.2 Å². The summed E-state index contributed by atoms with van der Waals surface area (Å²) in [6.07, 6.45) is 1.56. The van der Waals surface area contributed by atoms with Crippen LogP contribution in [0.3, 0.4) is 0 Å². The molecule has 7 nitrogen and oxygen atoms in total. The zero-order chi connectivity index (χ0) is 21.9. The smallest absolute Gasteiger partial charge is 0.328 e. The number of methoxy groups -OCH3 is 1. The molecule has 1 aromatic carbocycles. The van der Waals surface area contributed by atoms with E-state index in [-0.39, 0.29) is 35.7 Å².